The lowest BCUT2D eigenvalue weighted by molar-refractivity contribution is -0.0436. The number of hydrogen-bond donors (Lipinski definition) is 1. The van der Waals surface area contributed by atoms with Gasteiger partial charge in [-0.25, -0.2) is 13.4 Å². The largest absolute Gasteiger partial charge is 0.501 e. The summed E-state index contributed by atoms with van der Waals surface area (Å²) in [6.07, 6.45) is 0. The average Bonchev–Trinajstić information content (AvgIpc) is 2.00. The van der Waals surface area contributed by atoms with Crippen LogP contribution in [0.1, 0.15) is 5.69 Å². The number of aryl methyl sites for hydroxylation is 1. The molecule has 0 atom stereocenters. The molecule has 1 aromatic rings. The van der Waals surface area contributed by atoms with E-state index in [2.05, 4.69) is 4.98 Å². The molecule has 1 rings (SSSR count). The fourth-order valence-electron chi connectivity index (χ4n) is 0.976. The number of nitrogen functional groups attached to an aromatic ring is 1. The van der Waals surface area contributed by atoms with Crippen molar-refractivity contribution in [3.8, 4) is 0 Å². The van der Waals surface area contributed by atoms with Gasteiger partial charge in [0.15, 0.2) is 0 Å². The van der Waals surface area contributed by atoms with Crippen LogP contribution in [0.3, 0.4) is 0 Å². The highest BCUT2D eigenvalue weighted by Crippen LogP contribution is 2.31. The first-order chi connectivity index (χ1) is 6.66. The topological polar surface area (TPSA) is 73.0 Å². The number of nitrogens with two attached hydrogens (primary N) is 1. The molecule has 0 aliphatic carbocycles. The normalized spacial score (nSPS) is 12.8. The lowest BCUT2D eigenvalue weighted by Crippen LogP contribution is -2.24. The van der Waals surface area contributed by atoms with Gasteiger partial charge in [-0.1, -0.05) is 0 Å². The Hall–Kier alpha value is -1.31. The van der Waals surface area contributed by atoms with Crippen molar-refractivity contribution < 1.29 is 21.6 Å². The SMILES string of the molecule is Cc1nc(N)ccc1S(=O)(=O)C(F)(F)F. The van der Waals surface area contributed by atoms with Gasteiger partial charge < -0.3 is 5.73 Å². The van der Waals surface area contributed by atoms with Crippen LogP contribution in [-0.4, -0.2) is 18.9 Å². The van der Waals surface area contributed by atoms with Crippen molar-refractivity contribution in [3.63, 3.8) is 0 Å². The number of aromatic nitrogens is 1. The van der Waals surface area contributed by atoms with Gasteiger partial charge in [0.25, 0.3) is 9.84 Å². The second kappa shape index (κ2) is 3.37. The Balaban J connectivity index is 3.42. The number of anilines is 1. The van der Waals surface area contributed by atoms with E-state index in [9.17, 15) is 21.6 Å². The van der Waals surface area contributed by atoms with Crippen molar-refractivity contribution in [1.29, 1.82) is 0 Å². The molecule has 0 radical (unpaired) electrons. The van der Waals surface area contributed by atoms with Crippen LogP contribution in [0.25, 0.3) is 0 Å². The van der Waals surface area contributed by atoms with Gasteiger partial charge in [0.05, 0.1) is 10.6 Å². The van der Waals surface area contributed by atoms with E-state index in [1.165, 1.54) is 0 Å². The maximum Gasteiger partial charge on any atom is 0.501 e. The van der Waals surface area contributed by atoms with E-state index >= 15 is 0 Å². The summed E-state index contributed by atoms with van der Waals surface area (Å²) in [6.45, 7) is 1.15. The molecule has 0 aromatic carbocycles. The molecule has 8 heteroatoms. The van der Waals surface area contributed by atoms with Gasteiger partial charge in [0.1, 0.15) is 5.82 Å². The third kappa shape index (κ3) is 2.04. The molecule has 0 saturated heterocycles. The molecule has 4 nitrogen and oxygen atoms in total. The minimum absolute atomic E-state index is 0.0337. The van der Waals surface area contributed by atoms with Crippen LogP contribution in [0.4, 0.5) is 19.0 Å². The molecule has 1 heterocycles. The van der Waals surface area contributed by atoms with Crippen LogP contribution >= 0.6 is 0 Å². The Bertz CT molecular complexity index is 481. The van der Waals surface area contributed by atoms with Crippen LogP contribution in [0, 0.1) is 6.92 Å². The predicted octanol–water partition coefficient (Wildman–Crippen LogP) is 1.27. The molecule has 0 bridgehead atoms. The smallest absolute Gasteiger partial charge is 0.384 e. The zero-order valence-electron chi connectivity index (χ0n) is 7.54. The highest BCUT2D eigenvalue weighted by molar-refractivity contribution is 7.92. The zero-order valence-corrected chi connectivity index (χ0v) is 8.35. The molecule has 0 aliphatic rings. The maximum absolute atomic E-state index is 12.2. The quantitative estimate of drug-likeness (QED) is 0.802. The van der Waals surface area contributed by atoms with Crippen LogP contribution in [-0.2, 0) is 9.84 Å². The lowest BCUT2D eigenvalue weighted by atomic mass is 10.4. The average molecular weight is 240 g/mol. The molecular weight excluding hydrogens is 233 g/mol. The fraction of sp³-hybridized carbons (Fsp3) is 0.286. The minimum atomic E-state index is -5.34. The van der Waals surface area contributed by atoms with Crippen LogP contribution < -0.4 is 5.73 Å². The second-order valence-corrected chi connectivity index (χ2v) is 4.68. The minimum Gasteiger partial charge on any atom is -0.384 e. The van der Waals surface area contributed by atoms with Crippen LogP contribution in [0.5, 0.6) is 0 Å². The van der Waals surface area contributed by atoms with Gasteiger partial charge in [0.2, 0.25) is 0 Å². The first-order valence-corrected chi connectivity index (χ1v) is 5.19. The van der Waals surface area contributed by atoms with Gasteiger partial charge in [-0.05, 0) is 19.1 Å². The molecule has 0 fully saturated rings. The molecule has 1 aromatic heterocycles. The van der Waals surface area contributed by atoms with Crippen LogP contribution in [0.15, 0.2) is 17.0 Å². The van der Waals surface area contributed by atoms with Gasteiger partial charge in [-0.15, -0.1) is 0 Å². The standard InChI is InChI=1S/C7H7F3N2O2S/c1-4-5(2-3-6(11)12-4)15(13,14)7(8,9)10/h2-3H,1H3,(H2,11,12). The lowest BCUT2D eigenvalue weighted by Gasteiger charge is -2.09. The maximum atomic E-state index is 12.2. The van der Waals surface area contributed by atoms with Crippen molar-refractivity contribution in [2.45, 2.75) is 17.3 Å². The summed E-state index contributed by atoms with van der Waals surface area (Å²) in [6, 6.07) is 1.80. The highest BCUT2D eigenvalue weighted by Gasteiger charge is 2.47. The summed E-state index contributed by atoms with van der Waals surface area (Å²) in [7, 11) is -5.34. The van der Waals surface area contributed by atoms with E-state index in [4.69, 9.17) is 5.73 Å². The van der Waals surface area contributed by atoms with Crippen molar-refractivity contribution in [2.24, 2.45) is 0 Å². The Morgan fingerprint density at radius 2 is 1.87 bits per heavy atom. The summed E-state index contributed by atoms with van der Waals surface area (Å²) < 4.78 is 58.4. The number of rotatable bonds is 1. The molecule has 15 heavy (non-hydrogen) atoms. The summed E-state index contributed by atoms with van der Waals surface area (Å²) in [5, 5.41) is 0. The molecule has 0 aliphatic heterocycles. The van der Waals surface area contributed by atoms with Crippen molar-refractivity contribution in [3.05, 3.63) is 17.8 Å². The molecular formula is C7H7F3N2O2S. The van der Waals surface area contributed by atoms with E-state index in [0.29, 0.717) is 0 Å². The number of sulfone groups is 1. The number of pyridine rings is 1. The number of hydrogen-bond acceptors (Lipinski definition) is 4. The van der Waals surface area contributed by atoms with Gasteiger partial charge in [-0.3, -0.25) is 0 Å². The first-order valence-electron chi connectivity index (χ1n) is 3.71. The van der Waals surface area contributed by atoms with Gasteiger partial charge in [0, 0.05) is 0 Å². The first kappa shape index (κ1) is 11.8. The summed E-state index contributed by atoms with van der Waals surface area (Å²) in [5.41, 5.74) is -0.402. The molecule has 0 saturated carbocycles. The number of nitrogens with zero attached hydrogens (tertiary/aromatic N) is 1. The van der Waals surface area contributed by atoms with Crippen molar-refractivity contribution in [1.82, 2.24) is 4.98 Å². The van der Waals surface area contributed by atoms with Gasteiger partial charge in [-0.2, -0.15) is 13.2 Å². The van der Waals surface area contributed by atoms with E-state index < -0.39 is 20.2 Å². The van der Waals surface area contributed by atoms with E-state index in [-0.39, 0.29) is 11.5 Å². The number of alkyl halides is 3. The molecule has 2 N–H and O–H groups in total. The monoisotopic (exact) mass is 240 g/mol. The Morgan fingerprint density at radius 1 is 1.33 bits per heavy atom. The Morgan fingerprint density at radius 3 is 2.27 bits per heavy atom. The zero-order chi connectivity index (χ0) is 11.9. The van der Waals surface area contributed by atoms with Crippen LogP contribution in [0.2, 0.25) is 0 Å². The molecule has 0 amide bonds. The van der Waals surface area contributed by atoms with Crippen molar-refractivity contribution in [2.75, 3.05) is 5.73 Å². The molecule has 0 unspecified atom stereocenters. The number of halogens is 3. The molecule has 0 spiro atoms. The summed E-state index contributed by atoms with van der Waals surface area (Å²) >= 11 is 0. The Kier molecular flexibility index (Phi) is 2.64. The van der Waals surface area contributed by atoms with E-state index in [0.717, 1.165) is 19.1 Å². The fourth-order valence-corrected chi connectivity index (χ4v) is 1.91. The Labute approximate surface area is 83.8 Å². The van der Waals surface area contributed by atoms with Crippen molar-refractivity contribution >= 4 is 15.7 Å². The third-order valence-electron chi connectivity index (χ3n) is 1.65. The van der Waals surface area contributed by atoms with Gasteiger partial charge >= 0.3 is 5.51 Å². The third-order valence-corrected chi connectivity index (χ3v) is 3.27. The summed E-state index contributed by atoms with van der Waals surface area (Å²) in [5.74, 6) is -0.0337. The molecule has 84 valence electrons. The second-order valence-electron chi connectivity index (χ2n) is 2.77. The summed E-state index contributed by atoms with van der Waals surface area (Å²) in [4.78, 5) is 2.58. The predicted molar refractivity (Wildman–Crippen MR) is 46.6 cm³/mol. The highest BCUT2D eigenvalue weighted by atomic mass is 32.2. The van der Waals surface area contributed by atoms with E-state index in [1.807, 2.05) is 0 Å². The van der Waals surface area contributed by atoms with E-state index in [1.54, 1.807) is 0 Å².